The van der Waals surface area contributed by atoms with Crippen molar-refractivity contribution in [2.24, 2.45) is 0 Å². The summed E-state index contributed by atoms with van der Waals surface area (Å²) < 4.78 is 2.04. The molecule has 0 amide bonds. The maximum Gasteiger partial charge on any atom is 0.326 e. The van der Waals surface area contributed by atoms with E-state index in [1.54, 1.807) is 12.1 Å². The minimum atomic E-state index is -0.213. The molecule has 0 aliphatic heterocycles. The van der Waals surface area contributed by atoms with Gasteiger partial charge < -0.3 is 10.1 Å². The summed E-state index contributed by atoms with van der Waals surface area (Å²) in [5.41, 5.74) is 1.22. The van der Waals surface area contributed by atoms with E-state index >= 15 is 0 Å². The molecule has 0 aliphatic rings. The van der Waals surface area contributed by atoms with E-state index < -0.39 is 0 Å². The number of aliphatic hydroxyl groups is 1. The van der Waals surface area contributed by atoms with Gasteiger partial charge in [0.1, 0.15) is 4.64 Å². The van der Waals surface area contributed by atoms with Gasteiger partial charge in [0.15, 0.2) is 0 Å². The number of hydrogen-bond donors (Lipinski definition) is 2. The summed E-state index contributed by atoms with van der Waals surface area (Å²) in [5, 5.41) is 9.84. The van der Waals surface area contributed by atoms with Gasteiger partial charge in [0.05, 0.1) is 12.1 Å². The van der Waals surface area contributed by atoms with Gasteiger partial charge in [-0.3, -0.25) is 4.57 Å². The van der Waals surface area contributed by atoms with Crippen LogP contribution in [-0.2, 0) is 13.2 Å². The van der Waals surface area contributed by atoms with Crippen molar-refractivity contribution in [1.82, 2.24) is 9.55 Å². The predicted molar refractivity (Wildman–Crippen MR) is 65.0 cm³/mol. The largest absolute Gasteiger partial charge is 0.392 e. The highest BCUT2D eigenvalue weighted by atomic mass is 32.1. The van der Waals surface area contributed by atoms with Crippen molar-refractivity contribution < 1.29 is 5.11 Å². The van der Waals surface area contributed by atoms with E-state index in [2.05, 4.69) is 4.98 Å². The molecule has 0 saturated heterocycles. The molecule has 0 spiro atoms. The molecule has 0 bridgehead atoms. The van der Waals surface area contributed by atoms with Crippen LogP contribution >= 0.6 is 12.2 Å². The van der Waals surface area contributed by atoms with Crippen LogP contribution in [0.15, 0.2) is 23.0 Å². The van der Waals surface area contributed by atoms with Crippen LogP contribution < -0.4 is 5.69 Å². The van der Waals surface area contributed by atoms with E-state index in [-0.39, 0.29) is 12.3 Å². The van der Waals surface area contributed by atoms with E-state index in [0.29, 0.717) is 16.7 Å². The molecule has 16 heavy (non-hydrogen) atoms. The lowest BCUT2D eigenvalue weighted by molar-refractivity contribution is 0.282. The highest BCUT2D eigenvalue weighted by Gasteiger charge is 2.03. The normalized spacial score (nSPS) is 10.9. The molecule has 4 nitrogen and oxygen atoms in total. The van der Waals surface area contributed by atoms with Gasteiger partial charge >= 0.3 is 5.69 Å². The van der Waals surface area contributed by atoms with Crippen molar-refractivity contribution in [3.05, 3.63) is 38.9 Å². The highest BCUT2D eigenvalue weighted by Crippen LogP contribution is 2.13. The molecule has 0 radical (unpaired) electrons. The van der Waals surface area contributed by atoms with Crippen molar-refractivity contribution in [2.45, 2.75) is 20.1 Å². The van der Waals surface area contributed by atoms with E-state index in [1.807, 2.05) is 13.0 Å². The Kier molecular flexibility index (Phi) is 2.89. The Morgan fingerprint density at radius 1 is 1.50 bits per heavy atom. The zero-order valence-electron chi connectivity index (χ0n) is 8.86. The number of aromatic amines is 1. The third-order valence-corrected chi connectivity index (χ3v) is 2.99. The SMILES string of the molecule is CCn1c(=O)[nH]c2cc(CO)ccc2c1=S. The number of hydrogen-bond acceptors (Lipinski definition) is 3. The summed E-state index contributed by atoms with van der Waals surface area (Å²) in [6, 6.07) is 5.37. The first kappa shape index (κ1) is 11.0. The maximum absolute atomic E-state index is 11.7. The van der Waals surface area contributed by atoms with E-state index in [1.165, 1.54) is 4.57 Å². The number of benzene rings is 1. The topological polar surface area (TPSA) is 58.0 Å². The Balaban J connectivity index is 2.87. The molecule has 2 N–H and O–H groups in total. The summed E-state index contributed by atoms with van der Waals surface area (Å²) in [5.74, 6) is 0. The molecular weight excluding hydrogens is 224 g/mol. The number of nitrogens with one attached hydrogen (secondary N) is 1. The molecular formula is C11H12N2O2S. The van der Waals surface area contributed by atoms with Crippen LogP contribution in [0.2, 0.25) is 0 Å². The number of rotatable bonds is 2. The van der Waals surface area contributed by atoms with E-state index in [4.69, 9.17) is 17.3 Å². The lowest BCUT2D eigenvalue weighted by Gasteiger charge is -2.06. The Bertz CT molecular complexity index is 642. The minimum absolute atomic E-state index is 0.0482. The zero-order chi connectivity index (χ0) is 11.7. The van der Waals surface area contributed by atoms with Crippen LogP contribution in [0, 0.1) is 4.64 Å². The molecule has 0 atom stereocenters. The lowest BCUT2D eigenvalue weighted by Crippen LogP contribution is -2.22. The quantitative estimate of drug-likeness (QED) is 0.778. The molecule has 0 unspecified atom stereocenters. The number of nitrogens with zero attached hydrogens (tertiary/aromatic N) is 1. The van der Waals surface area contributed by atoms with Crippen molar-refractivity contribution in [2.75, 3.05) is 0 Å². The van der Waals surface area contributed by atoms with Gasteiger partial charge in [0, 0.05) is 11.9 Å². The molecule has 2 rings (SSSR count). The van der Waals surface area contributed by atoms with E-state index in [0.717, 1.165) is 10.9 Å². The smallest absolute Gasteiger partial charge is 0.326 e. The van der Waals surface area contributed by atoms with Gasteiger partial charge in [-0.25, -0.2) is 4.79 Å². The summed E-state index contributed by atoms with van der Waals surface area (Å²) >= 11 is 5.24. The number of aromatic nitrogens is 2. The van der Waals surface area contributed by atoms with Crippen molar-refractivity contribution >= 4 is 23.1 Å². The molecule has 1 aromatic heterocycles. The van der Waals surface area contributed by atoms with Crippen LogP contribution in [0.25, 0.3) is 10.9 Å². The average molecular weight is 236 g/mol. The second kappa shape index (κ2) is 4.19. The number of H-pyrrole nitrogens is 1. The van der Waals surface area contributed by atoms with Gasteiger partial charge in [-0.05, 0) is 24.6 Å². The third kappa shape index (κ3) is 1.68. The Hall–Kier alpha value is -1.46. The predicted octanol–water partition coefficient (Wildman–Crippen LogP) is 1.57. The zero-order valence-corrected chi connectivity index (χ0v) is 9.67. The number of fused-ring (bicyclic) bond motifs is 1. The number of aliphatic hydroxyl groups excluding tert-OH is 1. The fraction of sp³-hybridized carbons (Fsp3) is 0.273. The second-order valence-electron chi connectivity index (χ2n) is 3.52. The van der Waals surface area contributed by atoms with Gasteiger partial charge in [-0.2, -0.15) is 0 Å². The molecule has 0 aliphatic carbocycles. The van der Waals surface area contributed by atoms with Crippen molar-refractivity contribution in [3.8, 4) is 0 Å². The summed E-state index contributed by atoms with van der Waals surface area (Å²) in [7, 11) is 0. The summed E-state index contributed by atoms with van der Waals surface area (Å²) in [6.07, 6.45) is 0. The molecule has 5 heteroatoms. The first-order valence-corrected chi connectivity index (χ1v) is 5.44. The van der Waals surface area contributed by atoms with Gasteiger partial charge in [-0.15, -0.1) is 0 Å². The first-order chi connectivity index (χ1) is 7.67. The van der Waals surface area contributed by atoms with Crippen LogP contribution in [0.1, 0.15) is 12.5 Å². The fourth-order valence-corrected chi connectivity index (χ4v) is 2.08. The lowest BCUT2D eigenvalue weighted by atomic mass is 10.1. The summed E-state index contributed by atoms with van der Waals surface area (Å²) in [6.45, 7) is 2.37. The van der Waals surface area contributed by atoms with Gasteiger partial charge in [0.2, 0.25) is 0 Å². The Morgan fingerprint density at radius 2 is 2.25 bits per heavy atom. The molecule has 0 fully saturated rings. The van der Waals surface area contributed by atoms with Crippen LogP contribution in [0.4, 0.5) is 0 Å². The third-order valence-electron chi connectivity index (χ3n) is 2.55. The van der Waals surface area contributed by atoms with Crippen molar-refractivity contribution in [1.29, 1.82) is 0 Å². The van der Waals surface area contributed by atoms with Crippen LogP contribution in [0.3, 0.4) is 0 Å². The van der Waals surface area contributed by atoms with Crippen LogP contribution in [-0.4, -0.2) is 14.7 Å². The second-order valence-corrected chi connectivity index (χ2v) is 3.90. The monoisotopic (exact) mass is 236 g/mol. The molecule has 84 valence electrons. The Labute approximate surface area is 97.2 Å². The average Bonchev–Trinajstić information content (AvgIpc) is 2.28. The van der Waals surface area contributed by atoms with Gasteiger partial charge in [0.25, 0.3) is 0 Å². The van der Waals surface area contributed by atoms with E-state index in [9.17, 15) is 4.79 Å². The fourth-order valence-electron chi connectivity index (χ4n) is 1.69. The summed E-state index contributed by atoms with van der Waals surface area (Å²) in [4.78, 5) is 14.4. The van der Waals surface area contributed by atoms with Crippen molar-refractivity contribution in [3.63, 3.8) is 0 Å². The first-order valence-electron chi connectivity index (χ1n) is 5.04. The van der Waals surface area contributed by atoms with Gasteiger partial charge in [-0.1, -0.05) is 18.3 Å². The molecule has 0 saturated carbocycles. The van der Waals surface area contributed by atoms with Crippen LogP contribution in [0.5, 0.6) is 0 Å². The molecule has 2 aromatic rings. The minimum Gasteiger partial charge on any atom is -0.392 e. The maximum atomic E-state index is 11.7. The molecule has 1 heterocycles. The Morgan fingerprint density at radius 3 is 2.88 bits per heavy atom. The molecule has 1 aromatic carbocycles. The highest BCUT2D eigenvalue weighted by molar-refractivity contribution is 7.71. The standard InChI is InChI=1S/C11H12N2O2S/c1-2-13-10(16)8-4-3-7(6-14)5-9(8)12-11(13)15/h3-5,14H,2,6H2,1H3,(H,12,15).